The van der Waals surface area contributed by atoms with Crippen molar-refractivity contribution in [2.45, 2.75) is 13.3 Å². The summed E-state index contributed by atoms with van der Waals surface area (Å²) in [6, 6.07) is 18.1. The van der Waals surface area contributed by atoms with Crippen molar-refractivity contribution in [3.8, 4) is 5.69 Å². The maximum atomic E-state index is 12.5. The fourth-order valence-electron chi connectivity index (χ4n) is 2.31. The lowest BCUT2D eigenvalue weighted by Crippen LogP contribution is -2.14. The molecule has 0 spiro atoms. The third-order valence-corrected chi connectivity index (χ3v) is 4.16. The van der Waals surface area contributed by atoms with Crippen LogP contribution in [0.5, 0.6) is 0 Å². The number of aromatic nitrogens is 2. The molecule has 0 radical (unpaired) electrons. The molecule has 0 atom stereocenters. The largest absolute Gasteiger partial charge is 0.321 e. The molecule has 26 heavy (non-hydrogen) atoms. The van der Waals surface area contributed by atoms with Gasteiger partial charge in [0.05, 0.1) is 5.69 Å². The zero-order valence-electron chi connectivity index (χ0n) is 14.1. The van der Waals surface area contributed by atoms with E-state index in [0.717, 1.165) is 10.2 Å². The molecule has 0 bridgehead atoms. The van der Waals surface area contributed by atoms with Gasteiger partial charge in [-0.1, -0.05) is 41.1 Å². The second-order valence-electron chi connectivity index (χ2n) is 5.52. The summed E-state index contributed by atoms with van der Waals surface area (Å²) in [6.07, 6.45) is 0.334. The molecule has 2 amide bonds. The lowest BCUT2D eigenvalue weighted by molar-refractivity contribution is -0.115. The van der Waals surface area contributed by atoms with Crippen molar-refractivity contribution in [3.63, 3.8) is 0 Å². The molecule has 6 nitrogen and oxygen atoms in total. The van der Waals surface area contributed by atoms with Crippen LogP contribution in [-0.2, 0) is 4.79 Å². The Kier molecular flexibility index (Phi) is 5.48. The van der Waals surface area contributed by atoms with Gasteiger partial charge < -0.3 is 10.6 Å². The standard InChI is InChI=1S/C19H17BrN4O2/c1-2-18(25)22-17-12-16(23-24(17)15-6-4-3-5-7-15)19(26)21-14-10-8-13(20)9-11-14/h3-12H,2H2,1H3,(H,21,26)(H,22,25). The van der Waals surface area contributed by atoms with Gasteiger partial charge in [0, 0.05) is 22.6 Å². The van der Waals surface area contributed by atoms with Crippen molar-refractivity contribution in [2.24, 2.45) is 0 Å². The number of carbonyl (C=O) groups is 2. The molecule has 132 valence electrons. The van der Waals surface area contributed by atoms with Crippen molar-refractivity contribution < 1.29 is 9.59 Å². The number of para-hydroxylation sites is 1. The first kappa shape index (κ1) is 17.9. The van der Waals surface area contributed by atoms with E-state index in [1.54, 1.807) is 29.8 Å². The van der Waals surface area contributed by atoms with E-state index in [2.05, 4.69) is 31.7 Å². The van der Waals surface area contributed by atoms with Gasteiger partial charge in [0.1, 0.15) is 5.82 Å². The molecule has 7 heteroatoms. The van der Waals surface area contributed by atoms with E-state index in [1.807, 2.05) is 42.5 Å². The SMILES string of the molecule is CCC(=O)Nc1cc(C(=O)Nc2ccc(Br)cc2)nn1-c1ccccc1. The van der Waals surface area contributed by atoms with Gasteiger partial charge in [-0.05, 0) is 36.4 Å². The van der Waals surface area contributed by atoms with Crippen molar-refractivity contribution in [1.29, 1.82) is 0 Å². The fraction of sp³-hybridized carbons (Fsp3) is 0.105. The Morgan fingerprint density at radius 1 is 1.04 bits per heavy atom. The first-order chi connectivity index (χ1) is 12.6. The third-order valence-electron chi connectivity index (χ3n) is 3.63. The van der Waals surface area contributed by atoms with Crippen LogP contribution in [0.15, 0.2) is 65.1 Å². The molecular formula is C19H17BrN4O2. The molecule has 0 fully saturated rings. The molecule has 1 aromatic heterocycles. The number of rotatable bonds is 5. The zero-order chi connectivity index (χ0) is 18.5. The Morgan fingerprint density at radius 2 is 1.73 bits per heavy atom. The minimum Gasteiger partial charge on any atom is -0.321 e. The minimum absolute atomic E-state index is 0.151. The highest BCUT2D eigenvalue weighted by Gasteiger charge is 2.17. The summed E-state index contributed by atoms with van der Waals surface area (Å²) < 4.78 is 2.47. The smallest absolute Gasteiger partial charge is 0.276 e. The number of halogens is 1. The maximum Gasteiger partial charge on any atom is 0.276 e. The number of benzene rings is 2. The summed E-state index contributed by atoms with van der Waals surface area (Å²) in [7, 11) is 0. The molecule has 2 aromatic carbocycles. The number of nitrogens with zero attached hydrogens (tertiary/aromatic N) is 2. The molecule has 0 saturated carbocycles. The van der Waals surface area contributed by atoms with Crippen LogP contribution in [-0.4, -0.2) is 21.6 Å². The summed E-state index contributed by atoms with van der Waals surface area (Å²) >= 11 is 3.36. The molecule has 3 aromatic rings. The molecule has 2 N–H and O–H groups in total. The van der Waals surface area contributed by atoms with Crippen LogP contribution >= 0.6 is 15.9 Å². The first-order valence-electron chi connectivity index (χ1n) is 8.09. The molecule has 0 saturated heterocycles. The van der Waals surface area contributed by atoms with E-state index in [1.165, 1.54) is 0 Å². The molecule has 0 unspecified atom stereocenters. The Bertz CT molecular complexity index is 920. The monoisotopic (exact) mass is 412 g/mol. The van der Waals surface area contributed by atoms with Gasteiger partial charge in [-0.25, -0.2) is 4.68 Å². The van der Waals surface area contributed by atoms with Crippen LogP contribution in [0, 0.1) is 0 Å². The molecule has 3 rings (SSSR count). The predicted molar refractivity (Wildman–Crippen MR) is 105 cm³/mol. The van der Waals surface area contributed by atoms with E-state index < -0.39 is 0 Å². The van der Waals surface area contributed by atoms with Gasteiger partial charge in [0.25, 0.3) is 5.91 Å². The zero-order valence-corrected chi connectivity index (χ0v) is 15.7. The van der Waals surface area contributed by atoms with Crippen LogP contribution in [0.4, 0.5) is 11.5 Å². The summed E-state index contributed by atoms with van der Waals surface area (Å²) in [5.74, 6) is -0.0556. The highest BCUT2D eigenvalue weighted by molar-refractivity contribution is 9.10. The number of nitrogens with one attached hydrogen (secondary N) is 2. The van der Waals surface area contributed by atoms with E-state index in [9.17, 15) is 9.59 Å². The summed E-state index contributed by atoms with van der Waals surface area (Å²) in [5, 5.41) is 9.94. The van der Waals surface area contributed by atoms with Crippen LogP contribution < -0.4 is 10.6 Å². The Balaban J connectivity index is 1.90. The lowest BCUT2D eigenvalue weighted by Gasteiger charge is -2.07. The van der Waals surface area contributed by atoms with E-state index >= 15 is 0 Å². The fourth-order valence-corrected chi connectivity index (χ4v) is 2.57. The van der Waals surface area contributed by atoms with Crippen LogP contribution in [0.1, 0.15) is 23.8 Å². The molecule has 0 aliphatic rings. The second kappa shape index (κ2) is 7.97. The van der Waals surface area contributed by atoms with Crippen molar-refractivity contribution in [2.75, 3.05) is 10.6 Å². The Hall–Kier alpha value is -2.93. The third kappa shape index (κ3) is 4.18. The number of carbonyl (C=O) groups excluding carboxylic acids is 2. The summed E-state index contributed by atoms with van der Waals surface area (Å²) in [6.45, 7) is 1.76. The normalized spacial score (nSPS) is 10.4. The number of anilines is 2. The van der Waals surface area contributed by atoms with Gasteiger partial charge in [0.15, 0.2) is 5.69 Å². The maximum absolute atomic E-state index is 12.5. The first-order valence-corrected chi connectivity index (χ1v) is 8.88. The Morgan fingerprint density at radius 3 is 2.38 bits per heavy atom. The van der Waals surface area contributed by atoms with Crippen molar-refractivity contribution in [3.05, 3.63) is 70.8 Å². The number of amides is 2. The summed E-state index contributed by atoms with van der Waals surface area (Å²) in [4.78, 5) is 24.3. The highest BCUT2D eigenvalue weighted by atomic mass is 79.9. The number of hydrogen-bond donors (Lipinski definition) is 2. The lowest BCUT2D eigenvalue weighted by atomic mass is 10.3. The van der Waals surface area contributed by atoms with Crippen molar-refractivity contribution >= 4 is 39.2 Å². The average Bonchev–Trinajstić information content (AvgIpc) is 3.08. The van der Waals surface area contributed by atoms with E-state index in [-0.39, 0.29) is 17.5 Å². The van der Waals surface area contributed by atoms with E-state index in [0.29, 0.717) is 17.9 Å². The minimum atomic E-state index is -0.353. The average molecular weight is 413 g/mol. The van der Waals surface area contributed by atoms with Crippen LogP contribution in [0.3, 0.4) is 0 Å². The van der Waals surface area contributed by atoms with E-state index in [4.69, 9.17) is 0 Å². The predicted octanol–water partition coefficient (Wildman–Crippen LogP) is 4.24. The quantitative estimate of drug-likeness (QED) is 0.657. The van der Waals surface area contributed by atoms with Crippen LogP contribution in [0.2, 0.25) is 0 Å². The Labute approximate surface area is 159 Å². The van der Waals surface area contributed by atoms with Gasteiger partial charge in [-0.15, -0.1) is 0 Å². The van der Waals surface area contributed by atoms with Gasteiger partial charge in [0.2, 0.25) is 5.91 Å². The van der Waals surface area contributed by atoms with Gasteiger partial charge >= 0.3 is 0 Å². The van der Waals surface area contributed by atoms with Crippen molar-refractivity contribution in [1.82, 2.24) is 9.78 Å². The second-order valence-corrected chi connectivity index (χ2v) is 6.44. The van der Waals surface area contributed by atoms with Crippen LogP contribution in [0.25, 0.3) is 5.69 Å². The summed E-state index contributed by atoms with van der Waals surface area (Å²) in [5.41, 5.74) is 1.62. The molecule has 1 heterocycles. The van der Waals surface area contributed by atoms with Gasteiger partial charge in [-0.2, -0.15) is 5.10 Å². The van der Waals surface area contributed by atoms with Gasteiger partial charge in [-0.3, -0.25) is 9.59 Å². The molecular weight excluding hydrogens is 396 g/mol. The molecule has 0 aliphatic carbocycles. The highest BCUT2D eigenvalue weighted by Crippen LogP contribution is 2.19. The number of hydrogen-bond acceptors (Lipinski definition) is 3. The molecule has 0 aliphatic heterocycles. The topological polar surface area (TPSA) is 76.0 Å².